The Hall–Kier alpha value is -1.90. The molecule has 2 atom stereocenters. The van der Waals surface area contributed by atoms with Gasteiger partial charge in [0, 0.05) is 62.4 Å². The quantitative estimate of drug-likeness (QED) is 0.779. The zero-order chi connectivity index (χ0) is 18.1. The molecule has 2 aliphatic rings. The number of sulfone groups is 1. The van der Waals surface area contributed by atoms with Crippen LogP contribution in [-0.2, 0) is 22.9 Å². The van der Waals surface area contributed by atoms with Crippen molar-refractivity contribution in [2.45, 2.75) is 32.1 Å². The standard InChI is InChI=1S/C18H23N5O2S/c1-14-20-8-15(9-21-14)10-22-6-7-23(11-16-4-2-3-5-19-16)18-13-26(24,25)12-17(18)22/h2-5,8-9,17-18H,6-7,10-13H2,1H3/t17-,18+/m0/s1. The first-order chi connectivity index (χ1) is 12.5. The van der Waals surface area contributed by atoms with Crippen molar-refractivity contribution in [2.75, 3.05) is 24.6 Å². The second-order valence-corrected chi connectivity index (χ2v) is 9.27. The predicted octanol–water partition coefficient (Wildman–Crippen LogP) is 0.663. The normalized spacial score (nSPS) is 25.9. The summed E-state index contributed by atoms with van der Waals surface area (Å²) in [4.78, 5) is 17.5. The highest BCUT2D eigenvalue weighted by atomic mass is 32.2. The van der Waals surface area contributed by atoms with Gasteiger partial charge in [-0.3, -0.25) is 14.8 Å². The molecular weight excluding hydrogens is 350 g/mol. The maximum atomic E-state index is 12.3. The summed E-state index contributed by atoms with van der Waals surface area (Å²) in [6.45, 7) is 4.91. The van der Waals surface area contributed by atoms with Crippen molar-refractivity contribution >= 4 is 9.84 Å². The average molecular weight is 373 g/mol. The number of hydrogen-bond acceptors (Lipinski definition) is 7. The maximum absolute atomic E-state index is 12.3. The van der Waals surface area contributed by atoms with Gasteiger partial charge in [0.05, 0.1) is 17.2 Å². The van der Waals surface area contributed by atoms with Gasteiger partial charge in [-0.2, -0.15) is 0 Å². The first-order valence-electron chi connectivity index (χ1n) is 8.86. The van der Waals surface area contributed by atoms with E-state index >= 15 is 0 Å². The minimum absolute atomic E-state index is 0.0127. The van der Waals surface area contributed by atoms with Gasteiger partial charge in [0.15, 0.2) is 9.84 Å². The van der Waals surface area contributed by atoms with E-state index in [9.17, 15) is 8.42 Å². The largest absolute Gasteiger partial charge is 0.292 e. The molecule has 0 aliphatic carbocycles. The summed E-state index contributed by atoms with van der Waals surface area (Å²) in [5.74, 6) is 1.20. The molecule has 0 amide bonds. The second-order valence-electron chi connectivity index (χ2n) is 7.11. The molecule has 4 heterocycles. The van der Waals surface area contributed by atoms with Crippen LogP contribution in [0.4, 0.5) is 0 Å². The van der Waals surface area contributed by atoms with Crippen molar-refractivity contribution in [3.63, 3.8) is 0 Å². The van der Waals surface area contributed by atoms with Gasteiger partial charge >= 0.3 is 0 Å². The van der Waals surface area contributed by atoms with Crippen LogP contribution in [0.5, 0.6) is 0 Å². The summed E-state index contributed by atoms with van der Waals surface area (Å²) in [6, 6.07) is 5.89. The van der Waals surface area contributed by atoms with Gasteiger partial charge in [0.1, 0.15) is 5.82 Å². The molecule has 2 aromatic rings. The molecule has 0 radical (unpaired) electrons. The molecule has 0 bridgehead atoms. The molecule has 0 saturated carbocycles. The Labute approximate surface area is 154 Å². The van der Waals surface area contributed by atoms with E-state index in [1.165, 1.54) is 0 Å². The Balaban J connectivity index is 1.52. The maximum Gasteiger partial charge on any atom is 0.153 e. The summed E-state index contributed by atoms with van der Waals surface area (Å²) in [7, 11) is -3.02. The number of aromatic nitrogens is 3. The lowest BCUT2D eigenvalue weighted by atomic mass is 10.0. The topological polar surface area (TPSA) is 79.3 Å². The van der Waals surface area contributed by atoms with E-state index in [-0.39, 0.29) is 23.6 Å². The Morgan fingerprint density at radius 2 is 1.65 bits per heavy atom. The van der Waals surface area contributed by atoms with E-state index in [2.05, 4.69) is 24.8 Å². The van der Waals surface area contributed by atoms with E-state index in [0.29, 0.717) is 13.1 Å². The van der Waals surface area contributed by atoms with Crippen LogP contribution in [0.2, 0.25) is 0 Å². The molecule has 2 fully saturated rings. The van der Waals surface area contributed by atoms with Crippen LogP contribution in [0.3, 0.4) is 0 Å². The third-order valence-electron chi connectivity index (χ3n) is 5.22. The Bertz CT molecular complexity index is 857. The van der Waals surface area contributed by atoms with Crippen LogP contribution >= 0.6 is 0 Å². The van der Waals surface area contributed by atoms with E-state index in [1.54, 1.807) is 6.20 Å². The fourth-order valence-corrected chi connectivity index (χ4v) is 5.97. The predicted molar refractivity (Wildman–Crippen MR) is 98.1 cm³/mol. The van der Waals surface area contributed by atoms with Crippen LogP contribution in [0.15, 0.2) is 36.8 Å². The number of rotatable bonds is 4. The molecule has 7 nitrogen and oxygen atoms in total. The molecule has 0 N–H and O–H groups in total. The fraction of sp³-hybridized carbons (Fsp3) is 0.500. The zero-order valence-electron chi connectivity index (χ0n) is 14.8. The van der Waals surface area contributed by atoms with Crippen LogP contribution in [0.25, 0.3) is 0 Å². The lowest BCUT2D eigenvalue weighted by Gasteiger charge is -2.43. The highest BCUT2D eigenvalue weighted by molar-refractivity contribution is 7.91. The van der Waals surface area contributed by atoms with Gasteiger partial charge < -0.3 is 0 Å². The van der Waals surface area contributed by atoms with E-state index < -0.39 is 9.84 Å². The van der Waals surface area contributed by atoms with Crippen LogP contribution in [0, 0.1) is 6.92 Å². The molecule has 2 aromatic heterocycles. The number of pyridine rings is 1. The third-order valence-corrected chi connectivity index (χ3v) is 6.92. The summed E-state index contributed by atoms with van der Waals surface area (Å²) in [6.07, 6.45) is 5.45. The van der Waals surface area contributed by atoms with Crippen molar-refractivity contribution in [2.24, 2.45) is 0 Å². The Morgan fingerprint density at radius 1 is 1.00 bits per heavy atom. The Kier molecular flexibility index (Phi) is 4.73. The molecule has 8 heteroatoms. The highest BCUT2D eigenvalue weighted by Gasteiger charge is 2.46. The summed E-state index contributed by atoms with van der Waals surface area (Å²) in [5, 5.41) is 0. The van der Waals surface area contributed by atoms with E-state index in [4.69, 9.17) is 0 Å². The molecule has 2 aliphatic heterocycles. The molecule has 2 saturated heterocycles. The monoisotopic (exact) mass is 373 g/mol. The lowest BCUT2D eigenvalue weighted by molar-refractivity contribution is 0.0346. The lowest BCUT2D eigenvalue weighted by Crippen LogP contribution is -2.58. The van der Waals surface area contributed by atoms with Crippen molar-refractivity contribution < 1.29 is 8.42 Å². The third kappa shape index (κ3) is 3.77. The second kappa shape index (κ2) is 7.02. The molecule has 0 spiro atoms. The zero-order valence-corrected chi connectivity index (χ0v) is 15.6. The molecule has 0 aromatic carbocycles. The molecule has 138 valence electrons. The minimum Gasteiger partial charge on any atom is -0.292 e. The number of aryl methyl sites for hydroxylation is 1. The van der Waals surface area contributed by atoms with Gasteiger partial charge in [-0.15, -0.1) is 0 Å². The SMILES string of the molecule is Cc1ncc(CN2CCN(Cc3ccccn3)[C@@H]3CS(=O)(=O)C[C@@H]32)cn1. The van der Waals surface area contributed by atoms with Crippen LogP contribution < -0.4 is 0 Å². The number of hydrogen-bond donors (Lipinski definition) is 0. The van der Waals surface area contributed by atoms with Gasteiger partial charge in [-0.25, -0.2) is 18.4 Å². The minimum atomic E-state index is -3.02. The average Bonchev–Trinajstić information content (AvgIpc) is 2.96. The summed E-state index contributed by atoms with van der Waals surface area (Å²) >= 11 is 0. The molecule has 0 unspecified atom stereocenters. The number of piperazine rings is 1. The van der Waals surface area contributed by atoms with Crippen molar-refractivity contribution in [3.05, 3.63) is 53.9 Å². The van der Waals surface area contributed by atoms with E-state index in [1.807, 2.05) is 37.5 Å². The van der Waals surface area contributed by atoms with E-state index in [0.717, 1.165) is 30.2 Å². The van der Waals surface area contributed by atoms with Gasteiger partial charge in [-0.1, -0.05) is 6.07 Å². The molecule has 4 rings (SSSR count). The molecular formula is C18H23N5O2S. The van der Waals surface area contributed by atoms with Gasteiger partial charge in [0.25, 0.3) is 0 Å². The van der Waals surface area contributed by atoms with Gasteiger partial charge in [0.2, 0.25) is 0 Å². The van der Waals surface area contributed by atoms with Crippen molar-refractivity contribution in [3.8, 4) is 0 Å². The fourth-order valence-electron chi connectivity index (χ4n) is 3.92. The number of fused-ring (bicyclic) bond motifs is 1. The summed E-state index contributed by atoms with van der Waals surface area (Å²) in [5.41, 5.74) is 2.01. The van der Waals surface area contributed by atoms with Crippen molar-refractivity contribution in [1.29, 1.82) is 0 Å². The van der Waals surface area contributed by atoms with Gasteiger partial charge in [-0.05, 0) is 19.1 Å². The van der Waals surface area contributed by atoms with Crippen molar-refractivity contribution in [1.82, 2.24) is 24.8 Å². The summed E-state index contributed by atoms with van der Waals surface area (Å²) < 4.78 is 24.7. The first-order valence-corrected chi connectivity index (χ1v) is 10.7. The Morgan fingerprint density at radius 3 is 2.27 bits per heavy atom. The number of nitrogens with zero attached hydrogens (tertiary/aromatic N) is 5. The molecule has 26 heavy (non-hydrogen) atoms. The first kappa shape index (κ1) is 17.5. The van der Waals surface area contributed by atoms with Crippen LogP contribution in [0.1, 0.15) is 17.1 Å². The van der Waals surface area contributed by atoms with Crippen LogP contribution in [-0.4, -0.2) is 69.8 Å². The smallest absolute Gasteiger partial charge is 0.153 e. The highest BCUT2D eigenvalue weighted by Crippen LogP contribution is 2.29.